The fourth-order valence-corrected chi connectivity index (χ4v) is 4.89. The Morgan fingerprint density at radius 2 is 1.93 bits per heavy atom. The number of benzene rings is 1. The summed E-state index contributed by atoms with van der Waals surface area (Å²) < 4.78 is 0. The molecule has 3 atom stereocenters. The lowest BCUT2D eigenvalue weighted by atomic mass is 9.93. The van der Waals surface area contributed by atoms with Crippen LogP contribution in [0.2, 0.25) is 0 Å². The highest BCUT2D eigenvalue weighted by Gasteiger charge is 2.38. The third-order valence-corrected chi connectivity index (χ3v) is 6.82. The van der Waals surface area contributed by atoms with Crippen molar-refractivity contribution in [1.29, 1.82) is 0 Å². The van der Waals surface area contributed by atoms with E-state index in [2.05, 4.69) is 49.8 Å². The first-order valence-corrected chi connectivity index (χ1v) is 11.0. The van der Waals surface area contributed by atoms with Crippen molar-refractivity contribution in [3.63, 3.8) is 0 Å². The molecule has 2 aliphatic carbocycles. The smallest absolute Gasteiger partial charge is 0.270 e. The molecule has 5 rings (SSSR count). The summed E-state index contributed by atoms with van der Waals surface area (Å²) in [6.45, 7) is 1.81. The molecular formula is C23H29N5O2. The number of anilines is 1. The van der Waals surface area contributed by atoms with Gasteiger partial charge in [0.15, 0.2) is 0 Å². The number of fused-ring (bicyclic) bond motifs is 1. The first-order valence-electron chi connectivity index (χ1n) is 11.0. The lowest BCUT2D eigenvalue weighted by Crippen LogP contribution is -2.43. The molecule has 3 aliphatic rings. The van der Waals surface area contributed by atoms with E-state index in [4.69, 9.17) is 0 Å². The van der Waals surface area contributed by atoms with Crippen molar-refractivity contribution in [3.8, 4) is 0 Å². The molecule has 2 saturated carbocycles. The topological polar surface area (TPSA) is 90.4 Å². The highest BCUT2D eigenvalue weighted by molar-refractivity contribution is 5.93. The summed E-state index contributed by atoms with van der Waals surface area (Å²) in [4.78, 5) is 23.5. The van der Waals surface area contributed by atoms with Crippen LogP contribution in [0.15, 0.2) is 36.7 Å². The Balaban J connectivity index is 1.19. The van der Waals surface area contributed by atoms with E-state index in [1.807, 2.05) is 0 Å². The highest BCUT2D eigenvalue weighted by atomic mass is 16.3. The van der Waals surface area contributed by atoms with Crippen molar-refractivity contribution in [1.82, 2.24) is 20.2 Å². The van der Waals surface area contributed by atoms with Gasteiger partial charge in [-0.05, 0) is 49.7 Å². The van der Waals surface area contributed by atoms with Gasteiger partial charge in [0.1, 0.15) is 17.8 Å². The number of nitrogens with zero attached hydrogens (tertiary/aromatic N) is 3. The summed E-state index contributed by atoms with van der Waals surface area (Å²) in [6.07, 6.45) is 6.88. The molecule has 1 aromatic heterocycles. The van der Waals surface area contributed by atoms with Crippen LogP contribution in [-0.4, -0.2) is 56.7 Å². The molecule has 3 N–H and O–H groups in total. The number of aliphatic hydroxyl groups excluding tert-OH is 1. The third kappa shape index (κ3) is 4.04. The van der Waals surface area contributed by atoms with Crippen molar-refractivity contribution in [2.75, 3.05) is 11.9 Å². The van der Waals surface area contributed by atoms with E-state index in [1.54, 1.807) is 6.07 Å². The Hall–Kier alpha value is -2.51. The van der Waals surface area contributed by atoms with Crippen LogP contribution in [0.3, 0.4) is 0 Å². The molecule has 0 bridgehead atoms. The number of aromatic nitrogens is 2. The predicted octanol–water partition coefficient (Wildman–Crippen LogP) is 2.12. The van der Waals surface area contributed by atoms with E-state index >= 15 is 0 Å². The molecule has 0 spiro atoms. The highest BCUT2D eigenvalue weighted by Crippen LogP contribution is 2.30. The number of aliphatic hydroxyl groups is 1. The van der Waals surface area contributed by atoms with Gasteiger partial charge in [-0.15, -0.1) is 0 Å². The van der Waals surface area contributed by atoms with Gasteiger partial charge in [-0.2, -0.15) is 0 Å². The van der Waals surface area contributed by atoms with Crippen LogP contribution >= 0.6 is 0 Å². The first kappa shape index (κ1) is 19.5. The monoisotopic (exact) mass is 407 g/mol. The van der Waals surface area contributed by atoms with E-state index in [0.717, 1.165) is 38.8 Å². The Morgan fingerprint density at radius 3 is 2.73 bits per heavy atom. The van der Waals surface area contributed by atoms with E-state index in [0.29, 0.717) is 24.0 Å². The van der Waals surface area contributed by atoms with E-state index in [9.17, 15) is 9.90 Å². The van der Waals surface area contributed by atoms with Gasteiger partial charge in [-0.1, -0.05) is 24.3 Å². The van der Waals surface area contributed by atoms with Gasteiger partial charge in [-0.25, -0.2) is 9.97 Å². The minimum Gasteiger partial charge on any atom is -0.391 e. The fourth-order valence-electron chi connectivity index (χ4n) is 4.89. The maximum Gasteiger partial charge on any atom is 0.270 e. The standard InChI is InChI=1S/C23H29N5O2/c29-21-11-18(10-20(21)28-9-8-15-4-1-2-5-16(15)13-28)27-23(30)19-12-22(25-14-24-19)26-17-6-3-7-17/h1-2,4-5,12,14,17-18,20-21,29H,3,6-11,13H2,(H,27,30)(H,24,25,26). The van der Waals surface area contributed by atoms with Crippen LogP contribution in [0.4, 0.5) is 5.82 Å². The summed E-state index contributed by atoms with van der Waals surface area (Å²) in [7, 11) is 0. The Labute approximate surface area is 176 Å². The number of hydrogen-bond donors (Lipinski definition) is 3. The SMILES string of the molecule is O=C(NC1CC(O)C(N2CCc3ccccc3C2)C1)c1cc(NC2CCC2)ncn1. The number of hydrogen-bond acceptors (Lipinski definition) is 6. The van der Waals surface area contributed by atoms with Gasteiger partial charge in [0.25, 0.3) is 5.91 Å². The molecule has 0 saturated heterocycles. The second-order valence-electron chi connectivity index (χ2n) is 8.83. The van der Waals surface area contributed by atoms with Crippen molar-refractivity contribution >= 4 is 11.7 Å². The average molecular weight is 408 g/mol. The van der Waals surface area contributed by atoms with Crippen molar-refractivity contribution in [2.45, 2.75) is 69.3 Å². The molecule has 7 heteroatoms. The summed E-state index contributed by atoms with van der Waals surface area (Å²) >= 11 is 0. The number of rotatable bonds is 5. The van der Waals surface area contributed by atoms with Gasteiger partial charge < -0.3 is 15.7 Å². The third-order valence-electron chi connectivity index (χ3n) is 6.82. The summed E-state index contributed by atoms with van der Waals surface area (Å²) in [5.41, 5.74) is 3.12. The lowest BCUT2D eigenvalue weighted by Gasteiger charge is -2.35. The molecule has 1 aromatic carbocycles. The molecule has 3 unspecified atom stereocenters. The Kier molecular flexibility index (Phi) is 5.39. The van der Waals surface area contributed by atoms with E-state index in [-0.39, 0.29) is 18.0 Å². The molecule has 158 valence electrons. The molecule has 0 radical (unpaired) electrons. The zero-order chi connectivity index (χ0) is 20.5. The van der Waals surface area contributed by atoms with Crippen molar-refractivity contribution < 1.29 is 9.90 Å². The molecule has 30 heavy (non-hydrogen) atoms. The molecule has 2 fully saturated rings. The minimum absolute atomic E-state index is 0.0484. The minimum atomic E-state index is -0.429. The van der Waals surface area contributed by atoms with Crippen LogP contribution in [0.5, 0.6) is 0 Å². The second kappa shape index (κ2) is 8.32. The molecule has 7 nitrogen and oxygen atoms in total. The Bertz CT molecular complexity index is 916. The second-order valence-corrected chi connectivity index (χ2v) is 8.83. The molecule has 2 heterocycles. The molecule has 1 amide bonds. The lowest BCUT2D eigenvalue weighted by molar-refractivity contribution is 0.0626. The van der Waals surface area contributed by atoms with Crippen LogP contribution in [-0.2, 0) is 13.0 Å². The maximum absolute atomic E-state index is 12.8. The van der Waals surface area contributed by atoms with Crippen LogP contribution in [0.1, 0.15) is 53.7 Å². The summed E-state index contributed by atoms with van der Waals surface area (Å²) in [5.74, 6) is 0.507. The normalized spacial score (nSPS) is 26.6. The van der Waals surface area contributed by atoms with E-state index in [1.165, 1.54) is 23.9 Å². The predicted molar refractivity (Wildman–Crippen MR) is 114 cm³/mol. The zero-order valence-corrected chi connectivity index (χ0v) is 17.1. The number of carbonyl (C=O) groups is 1. The molecule has 2 aromatic rings. The molecular weight excluding hydrogens is 378 g/mol. The average Bonchev–Trinajstić information content (AvgIpc) is 3.10. The molecule has 1 aliphatic heterocycles. The van der Waals surface area contributed by atoms with Gasteiger partial charge >= 0.3 is 0 Å². The quantitative estimate of drug-likeness (QED) is 0.703. The summed E-state index contributed by atoms with van der Waals surface area (Å²) in [5, 5.41) is 17.1. The number of carbonyl (C=O) groups excluding carboxylic acids is 1. The fraction of sp³-hybridized carbons (Fsp3) is 0.522. The van der Waals surface area contributed by atoms with Crippen LogP contribution in [0, 0.1) is 0 Å². The van der Waals surface area contributed by atoms with Crippen LogP contribution in [0.25, 0.3) is 0 Å². The van der Waals surface area contributed by atoms with Crippen LogP contribution < -0.4 is 10.6 Å². The van der Waals surface area contributed by atoms with Gasteiger partial charge in [0.05, 0.1) is 6.10 Å². The van der Waals surface area contributed by atoms with Gasteiger partial charge in [0.2, 0.25) is 0 Å². The number of amides is 1. The zero-order valence-electron chi connectivity index (χ0n) is 17.1. The maximum atomic E-state index is 12.8. The van der Waals surface area contributed by atoms with Gasteiger partial charge in [0, 0.05) is 37.3 Å². The van der Waals surface area contributed by atoms with Crippen molar-refractivity contribution in [2.24, 2.45) is 0 Å². The summed E-state index contributed by atoms with van der Waals surface area (Å²) in [6, 6.07) is 10.7. The first-order chi connectivity index (χ1) is 14.7. The van der Waals surface area contributed by atoms with Gasteiger partial charge in [-0.3, -0.25) is 9.69 Å². The van der Waals surface area contributed by atoms with Crippen molar-refractivity contribution in [3.05, 3.63) is 53.5 Å². The number of nitrogens with one attached hydrogen (secondary N) is 2. The largest absolute Gasteiger partial charge is 0.391 e. The Morgan fingerprint density at radius 1 is 1.10 bits per heavy atom. The van der Waals surface area contributed by atoms with E-state index < -0.39 is 6.10 Å².